The Kier molecular flexibility index (Phi) is 7.75. The third kappa shape index (κ3) is 6.10. The Morgan fingerprint density at radius 1 is 1.10 bits per heavy atom. The molecule has 0 aromatic heterocycles. The van der Waals surface area contributed by atoms with Crippen LogP contribution in [0.5, 0.6) is 5.75 Å². The molecule has 0 radical (unpaired) electrons. The second kappa shape index (κ2) is 10.5. The number of halogens is 1. The Labute approximate surface area is 176 Å². The second-order valence-corrected chi connectivity index (χ2v) is 7.36. The number of piperazine rings is 1. The first-order valence-corrected chi connectivity index (χ1v) is 10.2. The smallest absolute Gasteiger partial charge is 0.338 e. The highest BCUT2D eigenvalue weighted by molar-refractivity contribution is 6.33. The Morgan fingerprint density at radius 3 is 2.45 bits per heavy atom. The number of hydrogen-bond donors (Lipinski definition) is 1. The summed E-state index contributed by atoms with van der Waals surface area (Å²) in [5, 5.41) is 11.1. The van der Waals surface area contributed by atoms with Gasteiger partial charge in [0, 0.05) is 32.7 Å². The molecule has 0 saturated carbocycles. The van der Waals surface area contributed by atoms with Gasteiger partial charge in [-0.3, -0.25) is 4.90 Å². The third-order valence-electron chi connectivity index (χ3n) is 4.84. The number of hydrogen-bond acceptors (Lipinski definition) is 6. The summed E-state index contributed by atoms with van der Waals surface area (Å²) in [4.78, 5) is 16.2. The summed E-state index contributed by atoms with van der Waals surface area (Å²) in [7, 11) is 0. The zero-order valence-corrected chi connectivity index (χ0v) is 17.3. The molecule has 0 amide bonds. The zero-order valence-electron chi connectivity index (χ0n) is 16.6. The highest BCUT2D eigenvalue weighted by Crippen LogP contribution is 2.26. The first-order valence-electron chi connectivity index (χ1n) is 9.86. The minimum atomic E-state index is -0.591. The maximum absolute atomic E-state index is 11.7. The second-order valence-electron chi connectivity index (χ2n) is 6.95. The van der Waals surface area contributed by atoms with Gasteiger partial charge in [0.25, 0.3) is 0 Å². The average molecular weight is 419 g/mol. The van der Waals surface area contributed by atoms with Crippen molar-refractivity contribution >= 4 is 23.3 Å². The molecule has 6 nitrogen and oxygen atoms in total. The molecule has 29 heavy (non-hydrogen) atoms. The van der Waals surface area contributed by atoms with Crippen LogP contribution in [0.15, 0.2) is 48.5 Å². The van der Waals surface area contributed by atoms with Crippen molar-refractivity contribution in [1.82, 2.24) is 4.90 Å². The molecule has 1 saturated heterocycles. The summed E-state index contributed by atoms with van der Waals surface area (Å²) in [5.41, 5.74) is 1.54. The first kappa shape index (κ1) is 21.4. The topological polar surface area (TPSA) is 62.2 Å². The molecule has 1 aliphatic heterocycles. The van der Waals surface area contributed by atoms with Crippen molar-refractivity contribution in [3.05, 3.63) is 59.1 Å². The van der Waals surface area contributed by atoms with Crippen LogP contribution in [-0.2, 0) is 4.74 Å². The van der Waals surface area contributed by atoms with E-state index in [0.29, 0.717) is 24.5 Å². The van der Waals surface area contributed by atoms with Crippen LogP contribution in [0, 0.1) is 0 Å². The van der Waals surface area contributed by atoms with E-state index in [-0.39, 0.29) is 12.6 Å². The van der Waals surface area contributed by atoms with Crippen LogP contribution in [0.4, 0.5) is 5.69 Å². The molecule has 7 heteroatoms. The fourth-order valence-corrected chi connectivity index (χ4v) is 3.58. The lowest BCUT2D eigenvalue weighted by Gasteiger charge is -2.37. The lowest BCUT2D eigenvalue weighted by Crippen LogP contribution is -2.49. The highest BCUT2D eigenvalue weighted by Gasteiger charge is 2.21. The predicted octanol–water partition coefficient (Wildman–Crippen LogP) is 3.08. The minimum Gasteiger partial charge on any atom is -0.491 e. The lowest BCUT2D eigenvalue weighted by atomic mass is 10.2. The Bertz CT molecular complexity index is 792. The predicted molar refractivity (Wildman–Crippen MR) is 114 cm³/mol. The van der Waals surface area contributed by atoms with Gasteiger partial charge in [0.15, 0.2) is 0 Å². The number of aliphatic hydroxyl groups is 1. The van der Waals surface area contributed by atoms with Crippen molar-refractivity contribution in [2.24, 2.45) is 0 Å². The van der Waals surface area contributed by atoms with Crippen LogP contribution in [0.25, 0.3) is 0 Å². The lowest BCUT2D eigenvalue weighted by molar-refractivity contribution is 0.0525. The third-order valence-corrected chi connectivity index (χ3v) is 5.16. The molecule has 0 bridgehead atoms. The fraction of sp³-hybridized carbons (Fsp3) is 0.409. The number of β-amino-alcohol motifs (C(OH)–C–C–N with tert-alkyl or cyclic N) is 1. The van der Waals surface area contributed by atoms with Crippen molar-refractivity contribution in [1.29, 1.82) is 0 Å². The molecule has 1 unspecified atom stereocenters. The average Bonchev–Trinajstić information content (AvgIpc) is 2.74. The van der Waals surface area contributed by atoms with Crippen molar-refractivity contribution < 1.29 is 19.4 Å². The molecular weight excluding hydrogens is 392 g/mol. The number of rotatable bonds is 8. The van der Waals surface area contributed by atoms with Gasteiger partial charge in [-0.1, -0.05) is 23.7 Å². The first-order chi connectivity index (χ1) is 14.1. The van der Waals surface area contributed by atoms with Crippen LogP contribution in [-0.4, -0.2) is 68.0 Å². The number of esters is 1. The summed E-state index contributed by atoms with van der Waals surface area (Å²) in [6, 6.07) is 14.6. The molecule has 1 atom stereocenters. The molecule has 1 fully saturated rings. The van der Waals surface area contributed by atoms with E-state index in [1.807, 2.05) is 24.3 Å². The molecule has 0 spiro atoms. The van der Waals surface area contributed by atoms with Gasteiger partial charge >= 0.3 is 5.97 Å². The van der Waals surface area contributed by atoms with Gasteiger partial charge < -0.3 is 19.5 Å². The van der Waals surface area contributed by atoms with Gasteiger partial charge in [-0.05, 0) is 43.3 Å². The fourth-order valence-electron chi connectivity index (χ4n) is 3.32. The zero-order chi connectivity index (χ0) is 20.6. The van der Waals surface area contributed by atoms with Gasteiger partial charge in [-0.2, -0.15) is 0 Å². The van der Waals surface area contributed by atoms with E-state index in [1.165, 1.54) is 0 Å². The van der Waals surface area contributed by atoms with Crippen LogP contribution in [0.2, 0.25) is 5.02 Å². The summed E-state index contributed by atoms with van der Waals surface area (Å²) in [6.45, 7) is 6.32. The minimum absolute atomic E-state index is 0.198. The van der Waals surface area contributed by atoms with E-state index in [0.717, 1.165) is 36.9 Å². The molecule has 2 aromatic rings. The van der Waals surface area contributed by atoms with E-state index < -0.39 is 6.10 Å². The molecule has 3 rings (SSSR count). The number of aliphatic hydroxyl groups excluding tert-OH is 1. The molecule has 0 aliphatic carbocycles. The van der Waals surface area contributed by atoms with E-state index >= 15 is 0 Å². The number of carbonyl (C=O) groups is 1. The summed E-state index contributed by atoms with van der Waals surface area (Å²) in [6.07, 6.45) is -0.591. The van der Waals surface area contributed by atoms with Gasteiger partial charge in [0.2, 0.25) is 0 Å². The summed E-state index contributed by atoms with van der Waals surface area (Å²) < 4.78 is 10.6. The summed E-state index contributed by atoms with van der Waals surface area (Å²) >= 11 is 6.28. The number of anilines is 1. The van der Waals surface area contributed by atoms with E-state index in [4.69, 9.17) is 21.1 Å². The quantitative estimate of drug-likeness (QED) is 0.665. The SMILES string of the molecule is CCOC(=O)c1ccc(OCC(O)CN2CCN(c3ccccc3Cl)CC2)cc1. The van der Waals surface area contributed by atoms with Crippen LogP contribution in [0.1, 0.15) is 17.3 Å². The monoisotopic (exact) mass is 418 g/mol. The van der Waals surface area contributed by atoms with E-state index in [2.05, 4.69) is 9.80 Å². The van der Waals surface area contributed by atoms with Crippen molar-refractivity contribution in [2.75, 3.05) is 50.8 Å². The number of benzene rings is 2. The largest absolute Gasteiger partial charge is 0.491 e. The van der Waals surface area contributed by atoms with Gasteiger partial charge in [0.05, 0.1) is 22.9 Å². The van der Waals surface area contributed by atoms with E-state index in [1.54, 1.807) is 31.2 Å². The standard InChI is InChI=1S/C22H27ClN2O4/c1-2-28-22(27)17-7-9-19(10-8-17)29-16-18(26)15-24-11-13-25(14-12-24)21-6-4-3-5-20(21)23/h3-10,18,26H,2,11-16H2,1H3. The van der Waals surface area contributed by atoms with Crippen molar-refractivity contribution in [3.63, 3.8) is 0 Å². The van der Waals surface area contributed by atoms with Gasteiger partial charge in [-0.25, -0.2) is 4.79 Å². The van der Waals surface area contributed by atoms with Crippen LogP contribution < -0.4 is 9.64 Å². The molecule has 1 N–H and O–H groups in total. The number of ether oxygens (including phenoxy) is 2. The Hall–Kier alpha value is -2.28. The van der Waals surface area contributed by atoms with Gasteiger partial charge in [0.1, 0.15) is 18.5 Å². The van der Waals surface area contributed by atoms with Crippen molar-refractivity contribution in [2.45, 2.75) is 13.0 Å². The maximum atomic E-state index is 11.7. The maximum Gasteiger partial charge on any atom is 0.338 e. The molecular formula is C22H27ClN2O4. The van der Waals surface area contributed by atoms with Crippen LogP contribution >= 0.6 is 11.6 Å². The van der Waals surface area contributed by atoms with Crippen molar-refractivity contribution in [3.8, 4) is 5.75 Å². The summed E-state index contributed by atoms with van der Waals surface area (Å²) in [5.74, 6) is 0.260. The highest BCUT2D eigenvalue weighted by atomic mass is 35.5. The molecule has 156 valence electrons. The number of para-hydroxylation sites is 1. The molecule has 1 aliphatic rings. The number of carbonyl (C=O) groups excluding carboxylic acids is 1. The van der Waals surface area contributed by atoms with Gasteiger partial charge in [-0.15, -0.1) is 0 Å². The number of nitrogens with zero attached hydrogens (tertiary/aromatic N) is 2. The normalized spacial score (nSPS) is 15.8. The van der Waals surface area contributed by atoms with Crippen LogP contribution in [0.3, 0.4) is 0 Å². The molecule has 1 heterocycles. The Balaban J connectivity index is 1.41. The molecule has 2 aromatic carbocycles. The van der Waals surface area contributed by atoms with E-state index in [9.17, 15) is 9.90 Å². The Morgan fingerprint density at radius 2 is 1.79 bits per heavy atom.